The summed E-state index contributed by atoms with van der Waals surface area (Å²) < 4.78 is 5.27. The smallest absolute Gasteiger partial charge is 0.328 e. The van der Waals surface area contributed by atoms with Gasteiger partial charge in [-0.2, -0.15) is 0 Å². The summed E-state index contributed by atoms with van der Waals surface area (Å²) in [6, 6.07) is 2.89. The molecule has 9 nitrogen and oxygen atoms in total. The van der Waals surface area contributed by atoms with Crippen LogP contribution in [-0.2, 0) is 16.0 Å². The number of rotatable bonds is 8. The lowest BCUT2D eigenvalue weighted by Crippen LogP contribution is -2.63. The predicted molar refractivity (Wildman–Crippen MR) is 98.0 cm³/mol. The maximum Gasteiger partial charge on any atom is 0.328 e. The number of likely N-dealkylation sites (N-methyl/N-ethyl adjacent to an activating group) is 2. The van der Waals surface area contributed by atoms with Crippen LogP contribution in [0.25, 0.3) is 0 Å². The number of imide groups is 1. The molecule has 3 heterocycles. The quantitative estimate of drug-likeness (QED) is 0.674. The summed E-state index contributed by atoms with van der Waals surface area (Å²) in [6.45, 7) is 0.989. The van der Waals surface area contributed by atoms with E-state index in [2.05, 4.69) is 10.3 Å². The highest BCUT2D eigenvalue weighted by Gasteiger charge is 2.48. The standard InChI is InChI=1S/C18H25N5O4/c1-21-16-15(17(25)22(2)18(21)26)23(12-20-16)10-8-14(24)19-9-4-3-6-13-7-5-11-27-13/h5,7,11-12,15-16H,3-4,6,8-10H2,1-2H3,(H,19,24). The van der Waals surface area contributed by atoms with Gasteiger partial charge in [0, 0.05) is 40.0 Å². The van der Waals surface area contributed by atoms with E-state index < -0.39 is 12.2 Å². The first-order valence-electron chi connectivity index (χ1n) is 9.11. The molecule has 3 rings (SSSR count). The fraction of sp³-hybridized carbons (Fsp3) is 0.556. The van der Waals surface area contributed by atoms with Crippen LogP contribution >= 0.6 is 0 Å². The second kappa shape index (κ2) is 8.24. The number of urea groups is 1. The van der Waals surface area contributed by atoms with Crippen molar-refractivity contribution in [3.8, 4) is 0 Å². The van der Waals surface area contributed by atoms with E-state index in [1.54, 1.807) is 24.5 Å². The zero-order chi connectivity index (χ0) is 19.4. The molecule has 2 aliphatic rings. The average Bonchev–Trinajstić information content (AvgIpc) is 3.32. The van der Waals surface area contributed by atoms with Gasteiger partial charge in [-0.3, -0.25) is 14.5 Å². The summed E-state index contributed by atoms with van der Waals surface area (Å²) in [4.78, 5) is 45.0. The molecule has 4 amide bonds. The molecule has 1 aromatic rings. The molecule has 0 radical (unpaired) electrons. The molecule has 2 unspecified atom stereocenters. The highest BCUT2D eigenvalue weighted by atomic mass is 16.3. The topological polar surface area (TPSA) is 98.5 Å². The van der Waals surface area contributed by atoms with Gasteiger partial charge in [-0.1, -0.05) is 0 Å². The van der Waals surface area contributed by atoms with E-state index in [-0.39, 0.29) is 24.3 Å². The zero-order valence-corrected chi connectivity index (χ0v) is 15.6. The summed E-state index contributed by atoms with van der Waals surface area (Å²) in [5.74, 6) is 0.597. The van der Waals surface area contributed by atoms with E-state index in [0.29, 0.717) is 13.1 Å². The monoisotopic (exact) mass is 375 g/mol. The first-order chi connectivity index (χ1) is 13.0. The first kappa shape index (κ1) is 18.9. The number of nitrogens with one attached hydrogen (secondary N) is 1. The molecule has 1 fully saturated rings. The van der Waals surface area contributed by atoms with Crippen molar-refractivity contribution in [1.82, 2.24) is 20.0 Å². The molecule has 0 saturated carbocycles. The third-order valence-electron chi connectivity index (χ3n) is 4.93. The molecule has 27 heavy (non-hydrogen) atoms. The van der Waals surface area contributed by atoms with Gasteiger partial charge in [-0.15, -0.1) is 0 Å². The third kappa shape index (κ3) is 4.12. The van der Waals surface area contributed by atoms with Gasteiger partial charge in [0.15, 0.2) is 12.2 Å². The Bertz CT molecular complexity index is 717. The SMILES string of the molecule is CN1C(=O)C2C(N=CN2CCC(=O)NCCCCc2ccco2)N(C)C1=O. The average molecular weight is 375 g/mol. The maximum atomic E-state index is 12.4. The number of furan rings is 1. The van der Waals surface area contributed by atoms with Gasteiger partial charge in [-0.05, 0) is 25.0 Å². The summed E-state index contributed by atoms with van der Waals surface area (Å²) in [5, 5.41) is 2.89. The van der Waals surface area contributed by atoms with E-state index in [4.69, 9.17) is 4.42 Å². The molecule has 0 aromatic carbocycles. The Labute approximate surface area is 158 Å². The molecule has 1 N–H and O–H groups in total. The fourth-order valence-corrected chi connectivity index (χ4v) is 3.32. The van der Waals surface area contributed by atoms with Crippen LogP contribution in [0.4, 0.5) is 4.79 Å². The number of aliphatic imine (C=N–C) groups is 1. The van der Waals surface area contributed by atoms with Crippen molar-refractivity contribution in [2.24, 2.45) is 4.99 Å². The second-order valence-corrected chi connectivity index (χ2v) is 6.79. The van der Waals surface area contributed by atoms with Crippen molar-refractivity contribution in [2.75, 3.05) is 27.2 Å². The minimum absolute atomic E-state index is 0.0640. The van der Waals surface area contributed by atoms with Crippen LogP contribution < -0.4 is 5.32 Å². The molecule has 1 saturated heterocycles. The van der Waals surface area contributed by atoms with Gasteiger partial charge in [-0.25, -0.2) is 9.79 Å². The van der Waals surface area contributed by atoms with Crippen molar-refractivity contribution in [2.45, 2.75) is 37.9 Å². The van der Waals surface area contributed by atoms with Crippen molar-refractivity contribution in [1.29, 1.82) is 0 Å². The van der Waals surface area contributed by atoms with Crippen LogP contribution in [0, 0.1) is 0 Å². The van der Waals surface area contributed by atoms with Gasteiger partial charge in [0.1, 0.15) is 5.76 Å². The van der Waals surface area contributed by atoms with E-state index in [9.17, 15) is 14.4 Å². The summed E-state index contributed by atoms with van der Waals surface area (Å²) in [7, 11) is 3.09. The van der Waals surface area contributed by atoms with Crippen LogP contribution in [0.3, 0.4) is 0 Å². The summed E-state index contributed by atoms with van der Waals surface area (Å²) in [6.07, 6.45) is 5.64. The second-order valence-electron chi connectivity index (χ2n) is 6.79. The number of nitrogens with zero attached hydrogens (tertiary/aromatic N) is 4. The van der Waals surface area contributed by atoms with Crippen LogP contribution in [0.2, 0.25) is 0 Å². The van der Waals surface area contributed by atoms with E-state index >= 15 is 0 Å². The Balaban J connectivity index is 1.38. The lowest BCUT2D eigenvalue weighted by molar-refractivity contribution is -0.136. The zero-order valence-electron chi connectivity index (χ0n) is 15.6. The third-order valence-corrected chi connectivity index (χ3v) is 4.93. The molecule has 0 spiro atoms. The van der Waals surface area contributed by atoms with Gasteiger partial charge in [0.25, 0.3) is 5.91 Å². The molecule has 2 atom stereocenters. The number of fused-ring (bicyclic) bond motifs is 1. The Hall–Kier alpha value is -2.84. The minimum Gasteiger partial charge on any atom is -0.469 e. The number of aryl methyl sites for hydroxylation is 1. The van der Waals surface area contributed by atoms with Crippen LogP contribution in [0.1, 0.15) is 25.0 Å². The van der Waals surface area contributed by atoms with Crippen LogP contribution in [-0.4, -0.2) is 78.3 Å². The molecule has 1 aromatic heterocycles. The normalized spacial score (nSPS) is 21.8. The highest BCUT2D eigenvalue weighted by Crippen LogP contribution is 2.24. The number of hydrogen-bond acceptors (Lipinski definition) is 6. The Morgan fingerprint density at radius 3 is 2.85 bits per heavy atom. The van der Waals surface area contributed by atoms with E-state index in [1.165, 1.54) is 11.9 Å². The molecule has 0 aliphatic carbocycles. The highest BCUT2D eigenvalue weighted by molar-refractivity contribution is 6.01. The molecule has 146 valence electrons. The van der Waals surface area contributed by atoms with E-state index in [0.717, 1.165) is 29.9 Å². The minimum atomic E-state index is -0.557. The van der Waals surface area contributed by atoms with Crippen molar-refractivity contribution >= 4 is 24.2 Å². The van der Waals surface area contributed by atoms with Crippen molar-refractivity contribution < 1.29 is 18.8 Å². The van der Waals surface area contributed by atoms with Crippen molar-refractivity contribution in [3.63, 3.8) is 0 Å². The fourth-order valence-electron chi connectivity index (χ4n) is 3.32. The number of carbonyl (C=O) groups is 3. The molecule has 9 heteroatoms. The van der Waals surface area contributed by atoms with Crippen LogP contribution in [0.5, 0.6) is 0 Å². The molecular weight excluding hydrogens is 350 g/mol. The maximum absolute atomic E-state index is 12.4. The van der Waals surface area contributed by atoms with Gasteiger partial charge < -0.3 is 19.5 Å². The molecule has 2 aliphatic heterocycles. The number of hydrogen-bond donors (Lipinski definition) is 1. The lowest BCUT2D eigenvalue weighted by Gasteiger charge is -2.39. The largest absolute Gasteiger partial charge is 0.469 e. The van der Waals surface area contributed by atoms with Gasteiger partial charge in [0.2, 0.25) is 5.91 Å². The van der Waals surface area contributed by atoms with E-state index in [1.807, 2.05) is 12.1 Å². The predicted octanol–water partition coefficient (Wildman–Crippen LogP) is 0.671. The summed E-state index contributed by atoms with van der Waals surface area (Å²) in [5.41, 5.74) is 0. The Kier molecular flexibility index (Phi) is 5.78. The van der Waals surface area contributed by atoms with Crippen LogP contribution in [0.15, 0.2) is 27.8 Å². The van der Waals surface area contributed by atoms with Crippen molar-refractivity contribution in [3.05, 3.63) is 24.2 Å². The van der Waals surface area contributed by atoms with Gasteiger partial charge in [0.05, 0.1) is 12.6 Å². The van der Waals surface area contributed by atoms with Gasteiger partial charge >= 0.3 is 6.03 Å². The molecule has 0 bridgehead atoms. The first-order valence-corrected chi connectivity index (χ1v) is 9.11. The lowest BCUT2D eigenvalue weighted by atomic mass is 10.1. The Morgan fingerprint density at radius 1 is 1.30 bits per heavy atom. The molecular formula is C18H25N5O4. The number of carbonyl (C=O) groups excluding carboxylic acids is 3. The number of unbranched alkanes of at least 4 members (excludes halogenated alkanes) is 1. The summed E-state index contributed by atoms with van der Waals surface area (Å²) >= 11 is 0. The Morgan fingerprint density at radius 2 is 2.11 bits per heavy atom. The number of amides is 4.